The molecular weight excluding hydrogens is 254 g/mol. The number of thiophene rings is 1. The van der Waals surface area contributed by atoms with E-state index in [9.17, 15) is 0 Å². The molecule has 3 nitrogen and oxygen atoms in total. The van der Waals surface area contributed by atoms with E-state index in [1.807, 2.05) is 12.3 Å². The number of hydrogen-bond donors (Lipinski definition) is 1. The second-order valence-electron chi connectivity index (χ2n) is 4.85. The molecular formula is C15H19N3S. The Balaban J connectivity index is 1.92. The third-order valence-corrected chi connectivity index (χ3v) is 4.27. The lowest BCUT2D eigenvalue weighted by atomic mass is 10.0. The van der Waals surface area contributed by atoms with Crippen LogP contribution in [0, 0.1) is 0 Å². The molecule has 1 fully saturated rings. The highest BCUT2D eigenvalue weighted by molar-refractivity contribution is 7.08. The van der Waals surface area contributed by atoms with Crippen molar-refractivity contribution in [1.29, 1.82) is 0 Å². The average Bonchev–Trinajstić information content (AvgIpc) is 2.84. The largest absolute Gasteiger partial charge is 0.315 e. The number of nitrogens with zero attached hydrogens (tertiary/aromatic N) is 2. The first-order valence-corrected chi connectivity index (χ1v) is 7.77. The van der Waals surface area contributed by atoms with Gasteiger partial charge in [-0.3, -0.25) is 9.88 Å². The van der Waals surface area contributed by atoms with Crippen LogP contribution in [0.2, 0.25) is 0 Å². The predicted molar refractivity (Wildman–Crippen MR) is 79.5 cm³/mol. The molecule has 1 saturated heterocycles. The lowest BCUT2D eigenvalue weighted by molar-refractivity contribution is 0.238. The molecule has 0 aromatic carbocycles. The highest BCUT2D eigenvalue weighted by Crippen LogP contribution is 2.29. The topological polar surface area (TPSA) is 28.2 Å². The first-order valence-electron chi connectivity index (χ1n) is 6.83. The summed E-state index contributed by atoms with van der Waals surface area (Å²) < 4.78 is 0. The fourth-order valence-electron chi connectivity index (χ4n) is 2.66. The Bertz CT molecular complexity index is 475. The summed E-state index contributed by atoms with van der Waals surface area (Å²) in [5.41, 5.74) is 2.52. The molecule has 0 aliphatic carbocycles. The van der Waals surface area contributed by atoms with E-state index >= 15 is 0 Å². The van der Waals surface area contributed by atoms with Crippen LogP contribution in [0.25, 0.3) is 0 Å². The summed E-state index contributed by atoms with van der Waals surface area (Å²) in [5, 5.41) is 7.87. The van der Waals surface area contributed by atoms with E-state index in [-0.39, 0.29) is 0 Å². The molecule has 19 heavy (non-hydrogen) atoms. The van der Waals surface area contributed by atoms with Gasteiger partial charge in [0.25, 0.3) is 0 Å². The van der Waals surface area contributed by atoms with Gasteiger partial charge in [-0.1, -0.05) is 6.07 Å². The maximum absolute atomic E-state index is 4.58. The van der Waals surface area contributed by atoms with Crippen molar-refractivity contribution in [2.24, 2.45) is 0 Å². The molecule has 2 aromatic rings. The van der Waals surface area contributed by atoms with Gasteiger partial charge >= 0.3 is 0 Å². The standard InChI is InChI=1S/C15H19N3S/c1-2-7-17-14(4-1)15(13-5-11-19-12-13)18-9-3-6-16-8-10-18/h1-2,4-5,7,11-12,15-16H,3,6,8-10H2. The minimum Gasteiger partial charge on any atom is -0.315 e. The van der Waals surface area contributed by atoms with Crippen molar-refractivity contribution in [3.63, 3.8) is 0 Å². The molecule has 0 bridgehead atoms. The molecule has 1 aliphatic rings. The van der Waals surface area contributed by atoms with Crippen molar-refractivity contribution >= 4 is 11.3 Å². The second kappa shape index (κ2) is 6.28. The first-order chi connectivity index (χ1) is 9.45. The van der Waals surface area contributed by atoms with Crippen molar-refractivity contribution < 1.29 is 0 Å². The third kappa shape index (κ3) is 3.03. The van der Waals surface area contributed by atoms with Gasteiger partial charge in [0, 0.05) is 25.8 Å². The molecule has 2 aromatic heterocycles. The third-order valence-electron chi connectivity index (χ3n) is 3.57. The zero-order valence-corrected chi connectivity index (χ0v) is 11.8. The Morgan fingerprint density at radius 1 is 1.21 bits per heavy atom. The SMILES string of the molecule is c1ccc(C(c2ccsc2)N2CCCNCC2)nc1. The maximum atomic E-state index is 4.58. The summed E-state index contributed by atoms with van der Waals surface area (Å²) in [6, 6.07) is 8.73. The van der Waals surface area contributed by atoms with E-state index in [0.29, 0.717) is 6.04 Å². The van der Waals surface area contributed by atoms with Crippen LogP contribution in [0.4, 0.5) is 0 Å². The van der Waals surface area contributed by atoms with Gasteiger partial charge in [0.05, 0.1) is 11.7 Å². The molecule has 1 unspecified atom stereocenters. The number of aromatic nitrogens is 1. The molecule has 1 N–H and O–H groups in total. The van der Waals surface area contributed by atoms with Crippen LogP contribution in [0.5, 0.6) is 0 Å². The Hall–Kier alpha value is -1.23. The van der Waals surface area contributed by atoms with Crippen LogP contribution in [0.15, 0.2) is 41.2 Å². The van der Waals surface area contributed by atoms with Crippen molar-refractivity contribution in [3.05, 3.63) is 52.5 Å². The highest BCUT2D eigenvalue weighted by atomic mass is 32.1. The van der Waals surface area contributed by atoms with Crippen molar-refractivity contribution in [3.8, 4) is 0 Å². The molecule has 0 spiro atoms. The van der Waals surface area contributed by atoms with Crippen molar-refractivity contribution in [1.82, 2.24) is 15.2 Å². The molecule has 0 amide bonds. The Morgan fingerprint density at radius 2 is 2.21 bits per heavy atom. The molecule has 3 heterocycles. The number of nitrogens with one attached hydrogen (secondary N) is 1. The molecule has 4 heteroatoms. The molecule has 0 radical (unpaired) electrons. The van der Waals surface area contributed by atoms with Crippen molar-refractivity contribution in [2.45, 2.75) is 12.5 Å². The fraction of sp³-hybridized carbons (Fsp3) is 0.400. The van der Waals surface area contributed by atoms with Gasteiger partial charge in [0.2, 0.25) is 0 Å². The van der Waals surface area contributed by atoms with Crippen LogP contribution in [-0.4, -0.2) is 36.1 Å². The number of hydrogen-bond acceptors (Lipinski definition) is 4. The number of rotatable bonds is 3. The van der Waals surface area contributed by atoms with Gasteiger partial charge in [-0.25, -0.2) is 0 Å². The maximum Gasteiger partial charge on any atom is 0.0784 e. The summed E-state index contributed by atoms with van der Waals surface area (Å²) in [7, 11) is 0. The molecule has 1 atom stereocenters. The summed E-state index contributed by atoms with van der Waals surface area (Å²) in [5.74, 6) is 0. The molecule has 1 aliphatic heterocycles. The predicted octanol–water partition coefficient (Wildman–Crippen LogP) is 2.53. The monoisotopic (exact) mass is 273 g/mol. The van der Waals surface area contributed by atoms with E-state index in [2.05, 4.69) is 44.2 Å². The van der Waals surface area contributed by atoms with Gasteiger partial charge in [-0.05, 0) is 47.5 Å². The minimum atomic E-state index is 0.298. The Labute approximate surface area is 118 Å². The quantitative estimate of drug-likeness (QED) is 0.931. The fourth-order valence-corrected chi connectivity index (χ4v) is 3.34. The van der Waals surface area contributed by atoms with E-state index in [0.717, 1.165) is 31.9 Å². The second-order valence-corrected chi connectivity index (χ2v) is 5.63. The average molecular weight is 273 g/mol. The van der Waals surface area contributed by atoms with Crippen LogP contribution in [0.1, 0.15) is 23.7 Å². The van der Waals surface area contributed by atoms with Gasteiger partial charge in [0.15, 0.2) is 0 Å². The van der Waals surface area contributed by atoms with E-state index < -0.39 is 0 Å². The zero-order chi connectivity index (χ0) is 12.9. The lowest BCUT2D eigenvalue weighted by Crippen LogP contribution is -2.33. The lowest BCUT2D eigenvalue weighted by Gasteiger charge is -2.29. The Kier molecular flexibility index (Phi) is 4.23. The van der Waals surface area contributed by atoms with Crippen LogP contribution in [-0.2, 0) is 0 Å². The van der Waals surface area contributed by atoms with Crippen LogP contribution >= 0.6 is 11.3 Å². The molecule has 3 rings (SSSR count). The van der Waals surface area contributed by atoms with Crippen LogP contribution in [0.3, 0.4) is 0 Å². The summed E-state index contributed by atoms with van der Waals surface area (Å²) in [6.07, 6.45) is 3.10. The van der Waals surface area contributed by atoms with Gasteiger partial charge in [0.1, 0.15) is 0 Å². The van der Waals surface area contributed by atoms with Crippen molar-refractivity contribution in [2.75, 3.05) is 26.2 Å². The van der Waals surface area contributed by atoms with Gasteiger partial charge in [-0.2, -0.15) is 11.3 Å². The number of pyridine rings is 1. The summed E-state index contributed by atoms with van der Waals surface area (Å²) in [6.45, 7) is 4.39. The van der Waals surface area contributed by atoms with E-state index in [1.54, 1.807) is 11.3 Å². The van der Waals surface area contributed by atoms with E-state index in [1.165, 1.54) is 12.0 Å². The normalized spacial score (nSPS) is 18.9. The smallest absolute Gasteiger partial charge is 0.0784 e. The minimum absolute atomic E-state index is 0.298. The first kappa shape index (κ1) is 12.8. The highest BCUT2D eigenvalue weighted by Gasteiger charge is 2.24. The zero-order valence-electron chi connectivity index (χ0n) is 11.0. The van der Waals surface area contributed by atoms with Gasteiger partial charge < -0.3 is 5.32 Å². The molecule has 100 valence electrons. The summed E-state index contributed by atoms with van der Waals surface area (Å²) >= 11 is 1.76. The summed E-state index contributed by atoms with van der Waals surface area (Å²) in [4.78, 5) is 7.13. The van der Waals surface area contributed by atoms with Crippen LogP contribution < -0.4 is 5.32 Å². The van der Waals surface area contributed by atoms with E-state index in [4.69, 9.17) is 0 Å². The van der Waals surface area contributed by atoms with Gasteiger partial charge in [-0.15, -0.1) is 0 Å². The molecule has 0 saturated carbocycles. The Morgan fingerprint density at radius 3 is 3.00 bits per heavy atom.